The zero-order valence-electron chi connectivity index (χ0n) is 20.6. The molecule has 0 aliphatic heterocycles. The molecule has 5 aromatic rings. The van der Waals surface area contributed by atoms with Crippen LogP contribution >= 0.6 is 22.6 Å². The number of fused-ring (bicyclic) bond motifs is 2. The number of pyridine rings is 1. The van der Waals surface area contributed by atoms with Crippen LogP contribution in [-0.4, -0.2) is 30.8 Å². The van der Waals surface area contributed by atoms with E-state index in [1.165, 1.54) is 5.39 Å². The Morgan fingerprint density at radius 1 is 0.947 bits per heavy atom. The van der Waals surface area contributed by atoms with Crippen LogP contribution in [0.3, 0.4) is 0 Å². The molecule has 38 heavy (non-hydrogen) atoms. The molecule has 0 atom stereocenters. The normalized spacial score (nSPS) is 11.1. The van der Waals surface area contributed by atoms with Gasteiger partial charge in [0.25, 0.3) is 5.91 Å². The first-order chi connectivity index (χ1) is 18.6. The molecule has 0 bridgehead atoms. The van der Waals surface area contributed by atoms with Crippen molar-refractivity contribution in [2.75, 3.05) is 13.7 Å². The third-order valence-corrected chi connectivity index (χ3v) is 6.66. The number of methoxy groups -OCH3 is 1. The molecule has 0 fully saturated rings. The summed E-state index contributed by atoms with van der Waals surface area (Å²) in [6, 6.07) is 27.5. The van der Waals surface area contributed by atoms with Crippen LogP contribution < -0.4 is 19.6 Å². The van der Waals surface area contributed by atoms with Gasteiger partial charge in [0.2, 0.25) is 0 Å². The molecule has 8 heteroatoms. The molecule has 0 aliphatic rings. The average Bonchev–Trinajstić information content (AvgIpc) is 2.95. The standard InChI is InChI=1S/C30H24IN3O4/c1-36-27-16-20(15-25(31)30(27)38-18-23-10-4-8-21-7-2-3-12-24(21)23)17-33-34-28(35)19-37-26-13-5-9-22-11-6-14-32-29(22)26/h2-17H,18-19H2,1H3,(H,34,35)/b33-17-. The predicted molar refractivity (Wildman–Crippen MR) is 157 cm³/mol. The lowest BCUT2D eigenvalue weighted by Gasteiger charge is -2.14. The Hall–Kier alpha value is -4.18. The molecule has 7 nitrogen and oxygen atoms in total. The number of nitrogens with zero attached hydrogens (tertiary/aromatic N) is 2. The molecule has 0 unspecified atom stereocenters. The van der Waals surface area contributed by atoms with E-state index in [2.05, 4.69) is 62.4 Å². The van der Waals surface area contributed by atoms with Gasteiger partial charge in [-0.3, -0.25) is 9.78 Å². The quantitative estimate of drug-likeness (QED) is 0.123. The highest BCUT2D eigenvalue weighted by Crippen LogP contribution is 2.34. The molecule has 0 radical (unpaired) electrons. The summed E-state index contributed by atoms with van der Waals surface area (Å²) in [5, 5.41) is 7.34. The van der Waals surface area contributed by atoms with Crippen molar-refractivity contribution >= 4 is 56.4 Å². The average molecular weight is 617 g/mol. The van der Waals surface area contributed by atoms with Crippen LogP contribution in [-0.2, 0) is 11.4 Å². The molecule has 0 spiro atoms. The lowest BCUT2D eigenvalue weighted by Crippen LogP contribution is -2.24. The lowest BCUT2D eigenvalue weighted by atomic mass is 10.1. The molecule has 4 aromatic carbocycles. The first-order valence-corrected chi connectivity index (χ1v) is 13.0. The highest BCUT2D eigenvalue weighted by Gasteiger charge is 2.13. The van der Waals surface area contributed by atoms with E-state index in [9.17, 15) is 4.79 Å². The number of para-hydroxylation sites is 1. The fraction of sp³-hybridized carbons (Fsp3) is 0.100. The molecule has 0 saturated heterocycles. The number of hydrogen-bond donors (Lipinski definition) is 1. The predicted octanol–water partition coefficient (Wildman–Crippen LogP) is 6.11. The Morgan fingerprint density at radius 3 is 2.63 bits per heavy atom. The Labute approximate surface area is 233 Å². The lowest BCUT2D eigenvalue weighted by molar-refractivity contribution is -0.123. The van der Waals surface area contributed by atoms with E-state index in [1.807, 2.05) is 54.6 Å². The van der Waals surface area contributed by atoms with Crippen LogP contribution in [0, 0.1) is 3.57 Å². The van der Waals surface area contributed by atoms with Gasteiger partial charge in [-0.25, -0.2) is 5.43 Å². The van der Waals surface area contributed by atoms with Crippen molar-refractivity contribution in [3.63, 3.8) is 0 Å². The first-order valence-electron chi connectivity index (χ1n) is 11.9. The van der Waals surface area contributed by atoms with Gasteiger partial charge in [0.1, 0.15) is 17.9 Å². The number of hydrogen-bond acceptors (Lipinski definition) is 6. The number of carbonyl (C=O) groups is 1. The number of rotatable bonds is 9. The van der Waals surface area contributed by atoms with Crippen molar-refractivity contribution in [3.05, 3.63) is 106 Å². The number of benzene rings is 4. The summed E-state index contributed by atoms with van der Waals surface area (Å²) in [5.74, 6) is 1.39. The zero-order valence-corrected chi connectivity index (χ0v) is 22.7. The minimum absolute atomic E-state index is 0.186. The van der Waals surface area contributed by atoms with Crippen molar-refractivity contribution in [2.45, 2.75) is 6.61 Å². The Morgan fingerprint density at radius 2 is 1.74 bits per heavy atom. The number of hydrazone groups is 1. The van der Waals surface area contributed by atoms with Gasteiger partial charge in [0.05, 0.1) is 16.9 Å². The van der Waals surface area contributed by atoms with Crippen molar-refractivity contribution in [3.8, 4) is 17.2 Å². The Bertz CT molecular complexity index is 1630. The number of carbonyl (C=O) groups excluding carboxylic acids is 1. The minimum Gasteiger partial charge on any atom is -0.493 e. The highest BCUT2D eigenvalue weighted by atomic mass is 127. The topological polar surface area (TPSA) is 82.0 Å². The van der Waals surface area contributed by atoms with Gasteiger partial charge in [0, 0.05) is 11.6 Å². The maximum absolute atomic E-state index is 12.3. The van der Waals surface area contributed by atoms with Crippen molar-refractivity contribution in [2.24, 2.45) is 5.10 Å². The van der Waals surface area contributed by atoms with Crippen LogP contribution in [0.25, 0.3) is 21.7 Å². The minimum atomic E-state index is -0.383. The van der Waals surface area contributed by atoms with Gasteiger partial charge < -0.3 is 14.2 Å². The third-order valence-electron chi connectivity index (χ3n) is 5.86. The van der Waals surface area contributed by atoms with E-state index in [4.69, 9.17) is 14.2 Å². The molecule has 5 rings (SSSR count). The van der Waals surface area contributed by atoms with E-state index < -0.39 is 0 Å². The maximum Gasteiger partial charge on any atom is 0.277 e. The molecule has 1 amide bonds. The Kier molecular flexibility index (Phi) is 7.98. The highest BCUT2D eigenvalue weighted by molar-refractivity contribution is 14.1. The fourth-order valence-electron chi connectivity index (χ4n) is 4.07. The van der Waals surface area contributed by atoms with Crippen molar-refractivity contribution in [1.29, 1.82) is 0 Å². The zero-order chi connectivity index (χ0) is 26.3. The van der Waals surface area contributed by atoms with Gasteiger partial charge in [-0.15, -0.1) is 0 Å². The van der Waals surface area contributed by atoms with Gasteiger partial charge in [-0.1, -0.05) is 60.7 Å². The SMILES string of the molecule is COc1cc(/C=N\NC(=O)COc2cccc3cccnc23)cc(I)c1OCc1cccc2ccccc12. The van der Waals surface area contributed by atoms with Crippen LogP contribution in [0.15, 0.2) is 96.2 Å². The van der Waals surface area contributed by atoms with E-state index in [0.717, 1.165) is 25.5 Å². The number of amides is 1. The maximum atomic E-state index is 12.3. The number of nitrogens with one attached hydrogen (secondary N) is 1. The van der Waals surface area contributed by atoms with Gasteiger partial charge >= 0.3 is 0 Å². The van der Waals surface area contributed by atoms with Crippen LogP contribution in [0.5, 0.6) is 17.2 Å². The fourth-order valence-corrected chi connectivity index (χ4v) is 4.85. The smallest absolute Gasteiger partial charge is 0.277 e. The second kappa shape index (κ2) is 11.9. The monoisotopic (exact) mass is 617 g/mol. The summed E-state index contributed by atoms with van der Waals surface area (Å²) in [6.07, 6.45) is 3.24. The van der Waals surface area contributed by atoms with Crippen LogP contribution in [0.2, 0.25) is 0 Å². The van der Waals surface area contributed by atoms with E-state index >= 15 is 0 Å². The van der Waals surface area contributed by atoms with E-state index in [0.29, 0.717) is 29.4 Å². The molecule has 0 aliphatic carbocycles. The summed E-state index contributed by atoms with van der Waals surface area (Å²) in [7, 11) is 1.60. The third kappa shape index (κ3) is 5.86. The molecule has 1 aromatic heterocycles. The Balaban J connectivity index is 1.21. The number of ether oxygens (including phenoxy) is 3. The molecular formula is C30H24IN3O4. The van der Waals surface area contributed by atoms with Crippen molar-refractivity contribution < 1.29 is 19.0 Å². The van der Waals surface area contributed by atoms with Gasteiger partial charge in [-0.2, -0.15) is 5.10 Å². The molecule has 0 saturated carbocycles. The van der Waals surface area contributed by atoms with E-state index in [1.54, 1.807) is 25.6 Å². The summed E-state index contributed by atoms with van der Waals surface area (Å²) in [5.41, 5.74) is 5.05. The summed E-state index contributed by atoms with van der Waals surface area (Å²) in [6.45, 7) is 0.220. The second-order valence-electron chi connectivity index (χ2n) is 8.37. The molecule has 1 N–H and O–H groups in total. The first kappa shape index (κ1) is 25.5. The number of aromatic nitrogens is 1. The second-order valence-corrected chi connectivity index (χ2v) is 9.54. The van der Waals surface area contributed by atoms with Crippen LogP contribution in [0.4, 0.5) is 0 Å². The van der Waals surface area contributed by atoms with Crippen molar-refractivity contribution in [1.82, 2.24) is 10.4 Å². The summed E-state index contributed by atoms with van der Waals surface area (Å²) < 4.78 is 18.3. The number of halogens is 1. The van der Waals surface area contributed by atoms with Gasteiger partial charge in [0.15, 0.2) is 18.1 Å². The van der Waals surface area contributed by atoms with E-state index in [-0.39, 0.29) is 12.5 Å². The molecule has 190 valence electrons. The van der Waals surface area contributed by atoms with Gasteiger partial charge in [-0.05, 0) is 68.8 Å². The summed E-state index contributed by atoms with van der Waals surface area (Å²) >= 11 is 2.21. The largest absolute Gasteiger partial charge is 0.493 e. The van der Waals surface area contributed by atoms with Crippen LogP contribution in [0.1, 0.15) is 11.1 Å². The molecular weight excluding hydrogens is 593 g/mol. The molecule has 1 heterocycles. The summed E-state index contributed by atoms with van der Waals surface area (Å²) in [4.78, 5) is 16.6.